The Bertz CT molecular complexity index is 1410. The summed E-state index contributed by atoms with van der Waals surface area (Å²) >= 11 is 13.0. The summed E-state index contributed by atoms with van der Waals surface area (Å²) < 4.78 is 32.3. The van der Waals surface area contributed by atoms with Gasteiger partial charge in [-0.15, -0.1) is 0 Å². The number of anilines is 1. The van der Waals surface area contributed by atoms with Crippen molar-refractivity contribution in [3.05, 3.63) is 94.0 Å². The number of hydrogen-bond donors (Lipinski definition) is 1. The van der Waals surface area contributed by atoms with Gasteiger partial charge in [-0.25, -0.2) is 8.42 Å². The number of halogens is 2. The van der Waals surface area contributed by atoms with E-state index in [1.54, 1.807) is 42.5 Å². The van der Waals surface area contributed by atoms with Gasteiger partial charge in [-0.05, 0) is 62.7 Å². The van der Waals surface area contributed by atoms with Gasteiger partial charge in [0.05, 0.1) is 18.6 Å². The zero-order valence-corrected chi connectivity index (χ0v) is 25.8. The van der Waals surface area contributed by atoms with Gasteiger partial charge < -0.3 is 15.0 Å². The first kappa shape index (κ1) is 32.2. The van der Waals surface area contributed by atoms with Crippen molar-refractivity contribution in [2.45, 2.75) is 45.8 Å². The van der Waals surface area contributed by atoms with Crippen molar-refractivity contribution in [2.24, 2.45) is 0 Å². The van der Waals surface area contributed by atoms with Crippen LogP contribution in [-0.4, -0.2) is 56.6 Å². The molecule has 0 saturated heterocycles. The molecule has 2 amide bonds. The molecule has 8 nitrogen and oxygen atoms in total. The van der Waals surface area contributed by atoms with Gasteiger partial charge in [-0.2, -0.15) is 0 Å². The lowest BCUT2D eigenvalue weighted by atomic mass is 10.0. The van der Waals surface area contributed by atoms with Crippen LogP contribution in [-0.2, 0) is 32.6 Å². The lowest BCUT2D eigenvalue weighted by Gasteiger charge is -2.34. The molecule has 3 aromatic rings. The highest BCUT2D eigenvalue weighted by molar-refractivity contribution is 7.92. The van der Waals surface area contributed by atoms with Crippen LogP contribution in [0, 0.1) is 0 Å². The minimum Gasteiger partial charge on any atom is -0.494 e. The minimum absolute atomic E-state index is 0.110. The Morgan fingerprint density at radius 2 is 1.54 bits per heavy atom. The van der Waals surface area contributed by atoms with Crippen molar-refractivity contribution >= 4 is 50.7 Å². The summed E-state index contributed by atoms with van der Waals surface area (Å²) in [6.45, 7) is 5.29. The first-order valence-corrected chi connectivity index (χ1v) is 15.8. The van der Waals surface area contributed by atoms with Crippen LogP contribution in [0.1, 0.15) is 31.9 Å². The molecule has 0 unspecified atom stereocenters. The Kier molecular flexibility index (Phi) is 11.5. The average molecular weight is 621 g/mol. The van der Waals surface area contributed by atoms with E-state index in [0.29, 0.717) is 28.0 Å². The van der Waals surface area contributed by atoms with E-state index in [-0.39, 0.29) is 30.6 Å². The van der Waals surface area contributed by atoms with Crippen LogP contribution in [0.4, 0.5) is 5.69 Å². The summed E-state index contributed by atoms with van der Waals surface area (Å²) in [5, 5.41) is 3.55. The van der Waals surface area contributed by atoms with Crippen LogP contribution in [0.25, 0.3) is 0 Å². The summed E-state index contributed by atoms with van der Waals surface area (Å²) in [5.74, 6) is -0.410. The highest BCUT2D eigenvalue weighted by atomic mass is 35.5. The molecule has 1 atom stereocenters. The Hall–Kier alpha value is -3.27. The van der Waals surface area contributed by atoms with E-state index in [9.17, 15) is 18.0 Å². The molecule has 0 aliphatic heterocycles. The lowest BCUT2D eigenvalue weighted by Crippen LogP contribution is -2.54. The molecule has 220 valence electrons. The number of sulfonamides is 1. The molecular weight excluding hydrogens is 585 g/mol. The Labute approximate surface area is 252 Å². The predicted molar refractivity (Wildman–Crippen MR) is 164 cm³/mol. The second-order valence-electron chi connectivity index (χ2n) is 9.79. The van der Waals surface area contributed by atoms with Crippen LogP contribution < -0.4 is 14.4 Å². The third-order valence-corrected chi connectivity index (χ3v) is 8.06. The molecule has 0 spiro atoms. The fourth-order valence-electron chi connectivity index (χ4n) is 4.28. The van der Waals surface area contributed by atoms with Crippen molar-refractivity contribution in [2.75, 3.05) is 23.7 Å². The molecule has 0 radical (unpaired) electrons. The second-order valence-corrected chi connectivity index (χ2v) is 12.5. The second kappa shape index (κ2) is 14.6. The van der Waals surface area contributed by atoms with Crippen molar-refractivity contribution in [3.8, 4) is 5.75 Å². The first-order valence-electron chi connectivity index (χ1n) is 13.2. The Morgan fingerprint density at radius 3 is 2.07 bits per heavy atom. The molecule has 41 heavy (non-hydrogen) atoms. The van der Waals surface area contributed by atoms with Gasteiger partial charge in [0.15, 0.2) is 0 Å². The van der Waals surface area contributed by atoms with Crippen LogP contribution in [0.3, 0.4) is 0 Å². The highest BCUT2D eigenvalue weighted by Crippen LogP contribution is 2.28. The third-order valence-electron chi connectivity index (χ3n) is 6.21. The van der Waals surface area contributed by atoms with Crippen LogP contribution in [0.2, 0.25) is 10.0 Å². The molecule has 0 fully saturated rings. The fourth-order valence-corrected chi connectivity index (χ4v) is 5.64. The van der Waals surface area contributed by atoms with Crippen LogP contribution >= 0.6 is 23.2 Å². The normalized spacial score (nSPS) is 12.1. The molecule has 0 aliphatic carbocycles. The summed E-state index contributed by atoms with van der Waals surface area (Å²) in [4.78, 5) is 29.1. The summed E-state index contributed by atoms with van der Waals surface area (Å²) in [6, 6.07) is 19.5. The maximum absolute atomic E-state index is 14.1. The monoisotopic (exact) mass is 619 g/mol. The first-order chi connectivity index (χ1) is 19.4. The van der Waals surface area contributed by atoms with Gasteiger partial charge in [0, 0.05) is 34.6 Å². The molecular formula is C30H35Cl2N3O5S. The number of carbonyl (C=O) groups is 2. The largest absolute Gasteiger partial charge is 0.494 e. The van der Waals surface area contributed by atoms with E-state index in [1.807, 2.05) is 51.1 Å². The van der Waals surface area contributed by atoms with Crippen molar-refractivity contribution in [3.63, 3.8) is 0 Å². The van der Waals surface area contributed by atoms with Gasteiger partial charge in [-0.3, -0.25) is 13.9 Å². The van der Waals surface area contributed by atoms with Gasteiger partial charge >= 0.3 is 0 Å². The van der Waals surface area contributed by atoms with Crippen LogP contribution in [0.15, 0.2) is 72.8 Å². The number of nitrogens with zero attached hydrogens (tertiary/aromatic N) is 2. The molecule has 3 aromatic carbocycles. The molecule has 0 heterocycles. The molecule has 3 rings (SSSR count). The number of nitrogens with one attached hydrogen (secondary N) is 1. The maximum Gasteiger partial charge on any atom is 0.244 e. The SMILES string of the molecule is CCOc1ccc(N(CC(=O)N(Cc2c(Cl)cccc2Cl)[C@@H](Cc2ccccc2)C(=O)NC(C)C)S(C)(=O)=O)cc1. The van der Waals surface area contributed by atoms with Crippen molar-refractivity contribution < 1.29 is 22.7 Å². The molecule has 0 bridgehead atoms. The zero-order valence-electron chi connectivity index (χ0n) is 23.5. The lowest BCUT2D eigenvalue weighted by molar-refractivity contribution is -0.140. The molecule has 0 saturated carbocycles. The maximum atomic E-state index is 14.1. The van der Waals surface area contributed by atoms with Crippen molar-refractivity contribution in [1.29, 1.82) is 0 Å². The fraction of sp³-hybridized carbons (Fsp3) is 0.333. The van der Waals surface area contributed by atoms with E-state index in [2.05, 4.69) is 5.32 Å². The van der Waals surface area contributed by atoms with Gasteiger partial charge in [-0.1, -0.05) is 59.6 Å². The number of benzene rings is 3. The Balaban J connectivity index is 2.08. The quantitative estimate of drug-likeness (QED) is 0.279. The minimum atomic E-state index is -3.89. The average Bonchev–Trinajstić information content (AvgIpc) is 2.91. The van der Waals surface area contributed by atoms with Crippen molar-refractivity contribution in [1.82, 2.24) is 10.2 Å². The van der Waals surface area contributed by atoms with E-state index in [0.717, 1.165) is 16.1 Å². The predicted octanol–water partition coefficient (Wildman–Crippen LogP) is 5.32. The third kappa shape index (κ3) is 9.11. The smallest absolute Gasteiger partial charge is 0.244 e. The highest BCUT2D eigenvalue weighted by Gasteiger charge is 2.34. The van der Waals surface area contributed by atoms with Crippen LogP contribution in [0.5, 0.6) is 5.75 Å². The number of carbonyl (C=O) groups excluding carboxylic acids is 2. The number of rotatable bonds is 13. The molecule has 11 heteroatoms. The topological polar surface area (TPSA) is 96.0 Å². The standard InChI is InChI=1S/C30H35Cl2N3O5S/c1-5-40-24-16-14-23(15-17-24)35(41(4,38)39)20-29(36)34(19-25-26(31)12-9-13-27(25)32)28(30(37)33-21(2)3)18-22-10-7-6-8-11-22/h6-17,21,28H,5,18-20H2,1-4H3,(H,33,37)/t28-/m0/s1. The summed E-state index contributed by atoms with van der Waals surface area (Å²) in [7, 11) is -3.89. The van der Waals surface area contributed by atoms with E-state index in [4.69, 9.17) is 27.9 Å². The summed E-state index contributed by atoms with van der Waals surface area (Å²) in [6.07, 6.45) is 1.22. The molecule has 0 aromatic heterocycles. The molecule has 0 aliphatic rings. The Morgan fingerprint density at radius 1 is 0.927 bits per heavy atom. The zero-order chi connectivity index (χ0) is 30.2. The number of ether oxygens (including phenoxy) is 1. The molecule has 1 N–H and O–H groups in total. The number of amides is 2. The van der Waals surface area contributed by atoms with E-state index in [1.165, 1.54) is 4.90 Å². The summed E-state index contributed by atoms with van der Waals surface area (Å²) in [5.41, 5.74) is 1.56. The van der Waals surface area contributed by atoms with Gasteiger partial charge in [0.1, 0.15) is 18.3 Å². The van der Waals surface area contributed by atoms with Gasteiger partial charge in [0.2, 0.25) is 21.8 Å². The van der Waals surface area contributed by atoms with Gasteiger partial charge in [0.25, 0.3) is 0 Å². The van der Waals surface area contributed by atoms with E-state index >= 15 is 0 Å². The van der Waals surface area contributed by atoms with E-state index < -0.39 is 28.5 Å². The number of hydrogen-bond acceptors (Lipinski definition) is 5.